The summed E-state index contributed by atoms with van der Waals surface area (Å²) in [4.78, 5) is 10.9. The molecule has 2 nitrogen and oxygen atoms in total. The van der Waals surface area contributed by atoms with Gasteiger partial charge in [0.15, 0.2) is 0 Å². The Kier molecular flexibility index (Phi) is 2.54. The Morgan fingerprint density at radius 3 is 2.73 bits per heavy atom. The van der Waals surface area contributed by atoms with Gasteiger partial charge in [0.2, 0.25) is 0 Å². The molecule has 1 aromatic rings. The number of rotatable bonds is 3. The lowest BCUT2D eigenvalue weighted by Gasteiger charge is -2.10. The van der Waals surface area contributed by atoms with Crippen molar-refractivity contribution in [2.24, 2.45) is 5.41 Å². The smallest absolute Gasteiger partial charge is 0.309 e. The minimum Gasteiger partial charge on any atom is -0.481 e. The molecule has 0 amide bonds. The van der Waals surface area contributed by atoms with Gasteiger partial charge in [-0.05, 0) is 43.0 Å². The van der Waals surface area contributed by atoms with Crippen molar-refractivity contribution in [2.75, 3.05) is 0 Å². The van der Waals surface area contributed by atoms with Crippen LogP contribution in [0.3, 0.4) is 0 Å². The standard InChI is InChI=1S/C11H10BrFO2/c12-8-1-2-9(13)7(5-8)6-11(3-4-11)10(14)15/h1-2,5H,3-4,6H2,(H,14,15). The van der Waals surface area contributed by atoms with Crippen LogP contribution < -0.4 is 0 Å². The highest BCUT2D eigenvalue weighted by Gasteiger charge is 2.50. The number of carbonyl (C=O) groups is 1. The second-order valence-electron chi connectivity index (χ2n) is 4.00. The van der Waals surface area contributed by atoms with Gasteiger partial charge < -0.3 is 5.11 Å². The Labute approximate surface area is 95.2 Å². The van der Waals surface area contributed by atoms with E-state index in [0.717, 1.165) is 4.47 Å². The van der Waals surface area contributed by atoms with Crippen molar-refractivity contribution in [1.82, 2.24) is 0 Å². The van der Waals surface area contributed by atoms with E-state index in [0.29, 0.717) is 18.4 Å². The predicted molar refractivity (Wildman–Crippen MR) is 57.1 cm³/mol. The molecule has 80 valence electrons. The van der Waals surface area contributed by atoms with Gasteiger partial charge in [0.05, 0.1) is 5.41 Å². The molecule has 0 saturated heterocycles. The zero-order valence-corrected chi connectivity index (χ0v) is 9.55. The Balaban J connectivity index is 2.24. The van der Waals surface area contributed by atoms with Crippen LogP contribution in [0, 0.1) is 11.2 Å². The first-order chi connectivity index (χ1) is 7.03. The van der Waals surface area contributed by atoms with Crippen LogP contribution in [-0.2, 0) is 11.2 Å². The third kappa shape index (κ3) is 2.04. The molecule has 0 aliphatic heterocycles. The first-order valence-electron chi connectivity index (χ1n) is 4.71. The van der Waals surface area contributed by atoms with Crippen molar-refractivity contribution in [3.63, 3.8) is 0 Å². The summed E-state index contributed by atoms with van der Waals surface area (Å²) in [6.07, 6.45) is 1.58. The molecule has 0 atom stereocenters. The van der Waals surface area contributed by atoms with E-state index in [2.05, 4.69) is 15.9 Å². The third-order valence-corrected chi connectivity index (χ3v) is 3.34. The predicted octanol–water partition coefficient (Wildman–Crippen LogP) is 3.00. The molecule has 1 aliphatic rings. The number of benzene rings is 1. The molecule has 0 spiro atoms. The van der Waals surface area contributed by atoms with E-state index in [1.54, 1.807) is 12.1 Å². The summed E-state index contributed by atoms with van der Waals surface area (Å²) in [6.45, 7) is 0. The maximum atomic E-state index is 13.4. The molecule has 0 radical (unpaired) electrons. The molecule has 1 aromatic carbocycles. The molecule has 0 heterocycles. The topological polar surface area (TPSA) is 37.3 Å². The Morgan fingerprint density at radius 1 is 1.53 bits per heavy atom. The average Bonchev–Trinajstić information content (AvgIpc) is 2.92. The van der Waals surface area contributed by atoms with Crippen LogP contribution in [-0.4, -0.2) is 11.1 Å². The second kappa shape index (κ2) is 3.59. The van der Waals surface area contributed by atoms with Gasteiger partial charge in [-0.25, -0.2) is 4.39 Å². The zero-order valence-electron chi connectivity index (χ0n) is 7.96. The molecule has 4 heteroatoms. The van der Waals surface area contributed by atoms with E-state index >= 15 is 0 Å². The molecular formula is C11H10BrFO2. The van der Waals surface area contributed by atoms with E-state index in [4.69, 9.17) is 5.11 Å². The summed E-state index contributed by atoms with van der Waals surface area (Å²) in [6, 6.07) is 4.62. The highest BCUT2D eigenvalue weighted by Crippen LogP contribution is 2.49. The van der Waals surface area contributed by atoms with Crippen molar-refractivity contribution in [2.45, 2.75) is 19.3 Å². The molecule has 1 fully saturated rings. The number of halogens is 2. The van der Waals surface area contributed by atoms with Crippen molar-refractivity contribution in [1.29, 1.82) is 0 Å². The highest BCUT2D eigenvalue weighted by atomic mass is 79.9. The van der Waals surface area contributed by atoms with E-state index in [1.807, 2.05) is 0 Å². The fraction of sp³-hybridized carbons (Fsp3) is 0.364. The Hall–Kier alpha value is -0.900. The lowest BCUT2D eigenvalue weighted by Crippen LogP contribution is -2.18. The fourth-order valence-corrected chi connectivity index (χ4v) is 2.07. The summed E-state index contributed by atoms with van der Waals surface area (Å²) in [5.74, 6) is -1.15. The molecule has 15 heavy (non-hydrogen) atoms. The van der Waals surface area contributed by atoms with Crippen molar-refractivity contribution < 1.29 is 14.3 Å². The van der Waals surface area contributed by atoms with Crippen LogP contribution >= 0.6 is 15.9 Å². The lowest BCUT2D eigenvalue weighted by molar-refractivity contribution is -0.143. The fourth-order valence-electron chi connectivity index (χ4n) is 1.66. The van der Waals surface area contributed by atoms with Gasteiger partial charge in [0.25, 0.3) is 0 Å². The van der Waals surface area contributed by atoms with Crippen LogP contribution in [0.15, 0.2) is 22.7 Å². The number of hydrogen-bond acceptors (Lipinski definition) is 1. The number of aliphatic carboxylic acids is 1. The molecule has 0 unspecified atom stereocenters. The van der Waals surface area contributed by atoms with E-state index in [9.17, 15) is 9.18 Å². The summed E-state index contributed by atoms with van der Waals surface area (Å²) >= 11 is 3.25. The molecule has 2 rings (SSSR count). The number of hydrogen-bond donors (Lipinski definition) is 1. The largest absolute Gasteiger partial charge is 0.481 e. The zero-order chi connectivity index (χ0) is 11.1. The molecule has 0 bridgehead atoms. The number of carboxylic acids is 1. The molecule has 1 aliphatic carbocycles. The molecule has 1 saturated carbocycles. The summed E-state index contributed by atoms with van der Waals surface area (Å²) in [5.41, 5.74) is -0.231. The Bertz CT molecular complexity index is 413. The Morgan fingerprint density at radius 2 is 2.20 bits per heavy atom. The van der Waals surface area contributed by atoms with Crippen LogP contribution in [0.1, 0.15) is 18.4 Å². The van der Waals surface area contributed by atoms with Crippen molar-refractivity contribution in [3.8, 4) is 0 Å². The van der Waals surface area contributed by atoms with Gasteiger partial charge in [-0.3, -0.25) is 4.79 Å². The minimum absolute atomic E-state index is 0.285. The summed E-state index contributed by atoms with van der Waals surface area (Å²) < 4.78 is 14.2. The molecule has 1 N–H and O–H groups in total. The van der Waals surface area contributed by atoms with E-state index in [-0.39, 0.29) is 12.2 Å². The summed E-state index contributed by atoms with van der Waals surface area (Å²) in [7, 11) is 0. The molecule has 0 aromatic heterocycles. The van der Waals surface area contributed by atoms with E-state index in [1.165, 1.54) is 6.07 Å². The van der Waals surface area contributed by atoms with Crippen LogP contribution in [0.2, 0.25) is 0 Å². The SMILES string of the molecule is O=C(O)C1(Cc2cc(Br)ccc2F)CC1. The average molecular weight is 273 g/mol. The van der Waals surface area contributed by atoms with Crippen LogP contribution in [0.4, 0.5) is 4.39 Å². The first kappa shape index (κ1) is 10.6. The summed E-state index contributed by atoms with van der Waals surface area (Å²) in [5, 5.41) is 8.99. The van der Waals surface area contributed by atoms with Crippen molar-refractivity contribution >= 4 is 21.9 Å². The van der Waals surface area contributed by atoms with Crippen LogP contribution in [0.5, 0.6) is 0 Å². The van der Waals surface area contributed by atoms with Crippen LogP contribution in [0.25, 0.3) is 0 Å². The van der Waals surface area contributed by atoms with E-state index < -0.39 is 11.4 Å². The minimum atomic E-state index is -0.818. The maximum Gasteiger partial charge on any atom is 0.309 e. The maximum absolute atomic E-state index is 13.4. The van der Waals surface area contributed by atoms with Gasteiger partial charge in [-0.2, -0.15) is 0 Å². The van der Waals surface area contributed by atoms with Gasteiger partial charge in [-0.15, -0.1) is 0 Å². The van der Waals surface area contributed by atoms with Gasteiger partial charge in [0, 0.05) is 4.47 Å². The number of carboxylic acid groups (broad SMARTS) is 1. The normalized spacial score (nSPS) is 17.5. The quantitative estimate of drug-likeness (QED) is 0.919. The highest BCUT2D eigenvalue weighted by molar-refractivity contribution is 9.10. The molecular weight excluding hydrogens is 263 g/mol. The van der Waals surface area contributed by atoms with Gasteiger partial charge >= 0.3 is 5.97 Å². The van der Waals surface area contributed by atoms with Gasteiger partial charge in [-0.1, -0.05) is 15.9 Å². The van der Waals surface area contributed by atoms with Crippen molar-refractivity contribution in [3.05, 3.63) is 34.1 Å². The first-order valence-corrected chi connectivity index (χ1v) is 5.50. The third-order valence-electron chi connectivity index (χ3n) is 2.84. The second-order valence-corrected chi connectivity index (χ2v) is 4.91. The van der Waals surface area contributed by atoms with Gasteiger partial charge in [0.1, 0.15) is 5.82 Å². The monoisotopic (exact) mass is 272 g/mol. The lowest BCUT2D eigenvalue weighted by atomic mass is 9.96.